The summed E-state index contributed by atoms with van der Waals surface area (Å²) < 4.78 is 26.2. The van der Waals surface area contributed by atoms with E-state index in [0.717, 1.165) is 11.1 Å². The maximum Gasteiger partial charge on any atom is 0.127 e. The van der Waals surface area contributed by atoms with Crippen molar-refractivity contribution in [2.24, 2.45) is 5.73 Å². The molecule has 4 heteroatoms. The summed E-state index contributed by atoms with van der Waals surface area (Å²) in [6.45, 7) is 1.58. The number of halogens is 2. The molecule has 2 aromatic rings. The van der Waals surface area contributed by atoms with Gasteiger partial charge in [0.05, 0.1) is 0 Å². The zero-order valence-corrected chi connectivity index (χ0v) is 11.4. The highest BCUT2D eigenvalue weighted by Crippen LogP contribution is 2.13. The summed E-state index contributed by atoms with van der Waals surface area (Å²) in [7, 11) is 1.97. The maximum absolute atomic E-state index is 13.4. The van der Waals surface area contributed by atoms with Crippen LogP contribution in [0.25, 0.3) is 0 Å². The summed E-state index contributed by atoms with van der Waals surface area (Å²) >= 11 is 0. The molecule has 106 valence electrons. The molecule has 0 aliphatic heterocycles. The summed E-state index contributed by atoms with van der Waals surface area (Å²) in [5.41, 5.74) is 8.07. The number of nitrogens with two attached hydrogens (primary N) is 1. The Bertz CT molecular complexity index is 567. The number of rotatable bonds is 5. The Morgan fingerprint density at radius 2 is 1.55 bits per heavy atom. The third-order valence-corrected chi connectivity index (χ3v) is 3.15. The molecule has 2 N–H and O–H groups in total. The van der Waals surface area contributed by atoms with E-state index in [1.807, 2.05) is 7.05 Å². The van der Waals surface area contributed by atoms with Gasteiger partial charge < -0.3 is 5.73 Å². The lowest BCUT2D eigenvalue weighted by atomic mass is 10.1. The second-order valence-corrected chi connectivity index (χ2v) is 4.93. The number of hydrogen-bond acceptors (Lipinski definition) is 2. The van der Waals surface area contributed by atoms with E-state index in [4.69, 9.17) is 5.73 Å². The quantitative estimate of drug-likeness (QED) is 0.909. The molecule has 0 amide bonds. The van der Waals surface area contributed by atoms with Gasteiger partial charge in [-0.15, -0.1) is 0 Å². The Morgan fingerprint density at radius 1 is 0.950 bits per heavy atom. The van der Waals surface area contributed by atoms with Crippen LogP contribution < -0.4 is 5.73 Å². The first-order valence-corrected chi connectivity index (χ1v) is 6.49. The Hall–Kier alpha value is -1.78. The van der Waals surface area contributed by atoms with Crippen molar-refractivity contribution in [2.75, 3.05) is 7.05 Å². The predicted molar refractivity (Wildman–Crippen MR) is 75.9 cm³/mol. The summed E-state index contributed by atoms with van der Waals surface area (Å²) in [5, 5.41) is 0. The fraction of sp³-hybridized carbons (Fsp3) is 0.250. The van der Waals surface area contributed by atoms with Gasteiger partial charge >= 0.3 is 0 Å². The van der Waals surface area contributed by atoms with Gasteiger partial charge in [0, 0.05) is 25.2 Å². The summed E-state index contributed by atoms with van der Waals surface area (Å²) in [4.78, 5) is 2.08. The van der Waals surface area contributed by atoms with Crippen molar-refractivity contribution in [3.8, 4) is 0 Å². The van der Waals surface area contributed by atoms with Crippen molar-refractivity contribution >= 4 is 0 Å². The smallest absolute Gasteiger partial charge is 0.127 e. The van der Waals surface area contributed by atoms with Crippen LogP contribution in [0.3, 0.4) is 0 Å². The minimum atomic E-state index is -0.266. The fourth-order valence-electron chi connectivity index (χ4n) is 2.15. The second kappa shape index (κ2) is 6.59. The van der Waals surface area contributed by atoms with Crippen LogP contribution in [0.1, 0.15) is 16.7 Å². The zero-order chi connectivity index (χ0) is 14.5. The third-order valence-electron chi connectivity index (χ3n) is 3.15. The molecule has 0 heterocycles. The first-order valence-electron chi connectivity index (χ1n) is 6.49. The molecule has 0 aromatic heterocycles. The minimum absolute atomic E-state index is 0.196. The van der Waals surface area contributed by atoms with Crippen LogP contribution in [0.2, 0.25) is 0 Å². The molecule has 0 saturated heterocycles. The van der Waals surface area contributed by atoms with Crippen molar-refractivity contribution in [1.29, 1.82) is 0 Å². The van der Waals surface area contributed by atoms with Crippen LogP contribution in [0.15, 0.2) is 42.5 Å². The summed E-state index contributed by atoms with van der Waals surface area (Å²) in [6.07, 6.45) is 0. The molecule has 0 atom stereocenters. The van der Waals surface area contributed by atoms with Gasteiger partial charge in [-0.2, -0.15) is 0 Å². The van der Waals surface area contributed by atoms with Gasteiger partial charge in [-0.3, -0.25) is 4.90 Å². The molecule has 0 aliphatic rings. The molecule has 0 fully saturated rings. The maximum atomic E-state index is 13.4. The molecular formula is C16H18F2N2. The average molecular weight is 276 g/mol. The van der Waals surface area contributed by atoms with Crippen molar-refractivity contribution in [2.45, 2.75) is 19.6 Å². The molecule has 0 aliphatic carbocycles. The Labute approximate surface area is 117 Å². The van der Waals surface area contributed by atoms with E-state index in [9.17, 15) is 8.78 Å². The van der Waals surface area contributed by atoms with E-state index in [1.165, 1.54) is 18.2 Å². The van der Waals surface area contributed by atoms with Gasteiger partial charge in [0.2, 0.25) is 0 Å². The van der Waals surface area contributed by atoms with Crippen LogP contribution in [0.5, 0.6) is 0 Å². The Balaban J connectivity index is 2.00. The van der Waals surface area contributed by atoms with E-state index in [-0.39, 0.29) is 18.2 Å². The second-order valence-electron chi connectivity index (χ2n) is 4.93. The zero-order valence-electron chi connectivity index (χ0n) is 11.4. The highest BCUT2D eigenvalue weighted by molar-refractivity contribution is 5.25. The van der Waals surface area contributed by atoms with Crippen molar-refractivity contribution < 1.29 is 8.78 Å². The lowest BCUT2D eigenvalue weighted by Gasteiger charge is -2.17. The number of nitrogens with zero attached hydrogens (tertiary/aromatic N) is 1. The van der Waals surface area contributed by atoms with Gasteiger partial charge in [-0.25, -0.2) is 8.78 Å². The molecule has 2 aromatic carbocycles. The van der Waals surface area contributed by atoms with E-state index >= 15 is 0 Å². The first-order chi connectivity index (χ1) is 9.58. The van der Waals surface area contributed by atoms with Gasteiger partial charge in [-0.05, 0) is 36.4 Å². The van der Waals surface area contributed by atoms with Crippen LogP contribution in [-0.4, -0.2) is 11.9 Å². The molecule has 0 radical (unpaired) electrons. The van der Waals surface area contributed by atoms with E-state index < -0.39 is 0 Å². The van der Waals surface area contributed by atoms with Gasteiger partial charge in [0.25, 0.3) is 0 Å². The topological polar surface area (TPSA) is 29.3 Å². The monoisotopic (exact) mass is 276 g/mol. The highest BCUT2D eigenvalue weighted by atomic mass is 19.1. The molecule has 20 heavy (non-hydrogen) atoms. The third kappa shape index (κ3) is 3.85. The fourth-order valence-corrected chi connectivity index (χ4v) is 2.15. The molecule has 0 bridgehead atoms. The standard InChI is InChI=1S/C16H18F2N2/c1-20(10-12-2-5-15(17)6-3-12)11-13-4-7-16(18)14(8-13)9-19/h2-8H,9-11,19H2,1H3. The van der Waals surface area contributed by atoms with E-state index in [2.05, 4.69) is 4.90 Å². The Morgan fingerprint density at radius 3 is 2.20 bits per heavy atom. The number of benzene rings is 2. The van der Waals surface area contributed by atoms with Gasteiger partial charge in [0.1, 0.15) is 11.6 Å². The lowest BCUT2D eigenvalue weighted by molar-refractivity contribution is 0.318. The molecule has 2 nitrogen and oxygen atoms in total. The molecule has 0 spiro atoms. The largest absolute Gasteiger partial charge is 0.326 e. The SMILES string of the molecule is CN(Cc1ccc(F)cc1)Cc1ccc(F)c(CN)c1. The highest BCUT2D eigenvalue weighted by Gasteiger charge is 2.05. The Kier molecular flexibility index (Phi) is 4.82. The lowest BCUT2D eigenvalue weighted by Crippen LogP contribution is -2.17. The summed E-state index contributed by atoms with van der Waals surface area (Å²) in [6, 6.07) is 11.4. The molecule has 0 unspecified atom stereocenters. The number of hydrogen-bond donors (Lipinski definition) is 1. The minimum Gasteiger partial charge on any atom is -0.326 e. The molecular weight excluding hydrogens is 258 g/mol. The van der Waals surface area contributed by atoms with E-state index in [0.29, 0.717) is 18.7 Å². The van der Waals surface area contributed by atoms with E-state index in [1.54, 1.807) is 24.3 Å². The van der Waals surface area contributed by atoms with Crippen LogP contribution >= 0.6 is 0 Å². The van der Waals surface area contributed by atoms with Crippen molar-refractivity contribution in [1.82, 2.24) is 4.90 Å². The molecule has 2 rings (SSSR count). The van der Waals surface area contributed by atoms with Gasteiger partial charge in [-0.1, -0.05) is 24.3 Å². The van der Waals surface area contributed by atoms with Crippen LogP contribution in [0, 0.1) is 11.6 Å². The van der Waals surface area contributed by atoms with Crippen LogP contribution in [0.4, 0.5) is 8.78 Å². The van der Waals surface area contributed by atoms with Crippen molar-refractivity contribution in [3.05, 3.63) is 70.8 Å². The average Bonchev–Trinajstić information content (AvgIpc) is 2.43. The molecule has 0 saturated carbocycles. The van der Waals surface area contributed by atoms with Crippen LogP contribution in [-0.2, 0) is 19.6 Å². The van der Waals surface area contributed by atoms with Crippen molar-refractivity contribution in [3.63, 3.8) is 0 Å². The normalized spacial score (nSPS) is 11.1. The first kappa shape index (κ1) is 14.6. The predicted octanol–water partition coefficient (Wildman–Crippen LogP) is 3.06. The van der Waals surface area contributed by atoms with Gasteiger partial charge in [0.15, 0.2) is 0 Å². The summed E-state index contributed by atoms with van der Waals surface area (Å²) in [5.74, 6) is -0.500.